The predicted molar refractivity (Wildman–Crippen MR) is 146 cm³/mol. The summed E-state index contributed by atoms with van der Waals surface area (Å²) in [7, 11) is 0. The molecule has 192 valence electrons. The summed E-state index contributed by atoms with van der Waals surface area (Å²) in [6.07, 6.45) is 14.3. The van der Waals surface area contributed by atoms with Gasteiger partial charge in [0.25, 0.3) is 0 Å². The van der Waals surface area contributed by atoms with E-state index in [-0.39, 0.29) is 22.2 Å². The second-order valence-electron chi connectivity index (χ2n) is 12.2. The van der Waals surface area contributed by atoms with Crippen molar-refractivity contribution in [2.45, 2.75) is 143 Å². The Kier molecular flexibility index (Phi) is 15.3. The summed E-state index contributed by atoms with van der Waals surface area (Å²) >= 11 is 0. The summed E-state index contributed by atoms with van der Waals surface area (Å²) in [5.74, 6) is 0. The highest BCUT2D eigenvalue weighted by atomic mass is 15.0. The molecular formula is C28H60N4. The summed E-state index contributed by atoms with van der Waals surface area (Å²) in [6.45, 7) is 27.1. The van der Waals surface area contributed by atoms with Gasteiger partial charge in [0.2, 0.25) is 0 Å². The molecular weight excluding hydrogens is 392 g/mol. The normalized spacial score (nSPS) is 13.9. The molecule has 0 atom stereocenters. The number of unbranched alkanes of at least 4 members (excludes halogenated alkanes) is 2. The van der Waals surface area contributed by atoms with Gasteiger partial charge < -0.3 is 21.3 Å². The summed E-state index contributed by atoms with van der Waals surface area (Å²) < 4.78 is 0. The molecule has 0 aromatic carbocycles. The average Bonchev–Trinajstić information content (AvgIpc) is 2.66. The van der Waals surface area contributed by atoms with E-state index < -0.39 is 0 Å². The molecule has 4 heteroatoms. The zero-order valence-electron chi connectivity index (χ0n) is 23.6. The highest BCUT2D eigenvalue weighted by Gasteiger charge is 2.18. The molecule has 0 rings (SSSR count). The van der Waals surface area contributed by atoms with E-state index in [1.807, 2.05) is 0 Å². The van der Waals surface area contributed by atoms with Crippen LogP contribution in [-0.4, -0.2) is 48.3 Å². The number of rotatable bonds is 20. The van der Waals surface area contributed by atoms with Crippen molar-refractivity contribution in [1.82, 2.24) is 21.3 Å². The Balaban J connectivity index is 3.95. The Hall–Kier alpha value is -0.420. The van der Waals surface area contributed by atoms with Gasteiger partial charge >= 0.3 is 0 Å². The fourth-order valence-electron chi connectivity index (χ4n) is 3.89. The van der Waals surface area contributed by atoms with Gasteiger partial charge in [0.1, 0.15) is 0 Å². The van der Waals surface area contributed by atoms with Crippen LogP contribution in [0.3, 0.4) is 0 Å². The molecule has 0 saturated carbocycles. The van der Waals surface area contributed by atoms with E-state index in [9.17, 15) is 0 Å². The molecule has 32 heavy (non-hydrogen) atoms. The standard InChI is InChI=1S/C28H60N4/c1-11-25(3,4)30-22-16-14-20-27(7,8)32-24-18-15-21-28(9,10)31-23-17-13-19-26(5,6)29-12-2/h15,18,29-32H,11-14,16-17,19-24H2,1-10H3/b18-15-. The van der Waals surface area contributed by atoms with Gasteiger partial charge in [-0.05, 0) is 114 Å². The van der Waals surface area contributed by atoms with Gasteiger partial charge in [-0.25, -0.2) is 0 Å². The highest BCUT2D eigenvalue weighted by Crippen LogP contribution is 2.15. The second-order valence-corrected chi connectivity index (χ2v) is 12.2. The van der Waals surface area contributed by atoms with Gasteiger partial charge in [-0.2, -0.15) is 0 Å². The monoisotopic (exact) mass is 452 g/mol. The zero-order chi connectivity index (χ0) is 24.7. The minimum Gasteiger partial charge on any atom is -0.312 e. The summed E-state index contributed by atoms with van der Waals surface area (Å²) in [4.78, 5) is 0. The molecule has 0 fully saturated rings. The summed E-state index contributed by atoms with van der Waals surface area (Å²) in [5.41, 5.74) is 0.877. The van der Waals surface area contributed by atoms with E-state index in [0.29, 0.717) is 0 Å². The van der Waals surface area contributed by atoms with Crippen molar-refractivity contribution in [2.75, 3.05) is 26.2 Å². The van der Waals surface area contributed by atoms with Gasteiger partial charge in [-0.1, -0.05) is 38.8 Å². The first kappa shape index (κ1) is 31.6. The largest absolute Gasteiger partial charge is 0.312 e. The first-order valence-electron chi connectivity index (χ1n) is 13.4. The van der Waals surface area contributed by atoms with Gasteiger partial charge in [-0.15, -0.1) is 0 Å². The van der Waals surface area contributed by atoms with Crippen molar-refractivity contribution in [3.05, 3.63) is 12.2 Å². The Morgan fingerprint density at radius 1 is 0.531 bits per heavy atom. The van der Waals surface area contributed by atoms with Crippen molar-refractivity contribution in [1.29, 1.82) is 0 Å². The van der Waals surface area contributed by atoms with E-state index in [0.717, 1.165) is 32.6 Å². The molecule has 0 amide bonds. The molecule has 0 radical (unpaired) electrons. The smallest absolute Gasteiger partial charge is 0.0159 e. The van der Waals surface area contributed by atoms with Crippen LogP contribution >= 0.6 is 0 Å². The lowest BCUT2D eigenvalue weighted by Crippen LogP contribution is -2.41. The van der Waals surface area contributed by atoms with Gasteiger partial charge in [0.05, 0.1) is 0 Å². The van der Waals surface area contributed by atoms with Gasteiger partial charge in [-0.3, -0.25) is 0 Å². The van der Waals surface area contributed by atoms with Crippen LogP contribution in [0.4, 0.5) is 0 Å². The third-order valence-electron chi connectivity index (χ3n) is 6.70. The fourth-order valence-corrected chi connectivity index (χ4v) is 3.89. The lowest BCUT2D eigenvalue weighted by Gasteiger charge is -2.28. The molecule has 4 N–H and O–H groups in total. The highest BCUT2D eigenvalue weighted by molar-refractivity contribution is 4.94. The van der Waals surface area contributed by atoms with E-state index in [4.69, 9.17) is 0 Å². The van der Waals surface area contributed by atoms with Crippen LogP contribution in [0, 0.1) is 0 Å². The van der Waals surface area contributed by atoms with Gasteiger partial charge in [0.15, 0.2) is 0 Å². The quantitative estimate of drug-likeness (QED) is 0.132. The van der Waals surface area contributed by atoms with E-state index in [2.05, 4.69) is 103 Å². The second kappa shape index (κ2) is 15.5. The van der Waals surface area contributed by atoms with Crippen LogP contribution in [0.2, 0.25) is 0 Å². The SMILES string of the molecule is CCNC(C)(C)CCCCNC(C)(C)C/C=C\CNC(C)(C)CCCCNC(C)(C)CC. The van der Waals surface area contributed by atoms with Crippen LogP contribution in [0.1, 0.15) is 121 Å². The maximum atomic E-state index is 3.74. The summed E-state index contributed by atoms with van der Waals surface area (Å²) in [5, 5.41) is 14.7. The Morgan fingerprint density at radius 2 is 1.03 bits per heavy atom. The Bertz CT molecular complexity index is 492. The van der Waals surface area contributed by atoms with Crippen LogP contribution in [0.25, 0.3) is 0 Å². The van der Waals surface area contributed by atoms with Crippen LogP contribution in [0.15, 0.2) is 12.2 Å². The van der Waals surface area contributed by atoms with Gasteiger partial charge in [0, 0.05) is 28.7 Å². The number of hydrogen-bond donors (Lipinski definition) is 4. The molecule has 4 nitrogen and oxygen atoms in total. The van der Waals surface area contributed by atoms with Crippen LogP contribution in [-0.2, 0) is 0 Å². The van der Waals surface area contributed by atoms with Crippen LogP contribution < -0.4 is 21.3 Å². The first-order valence-corrected chi connectivity index (χ1v) is 13.4. The lowest BCUT2D eigenvalue weighted by molar-refractivity contribution is 0.341. The minimum absolute atomic E-state index is 0.155. The molecule has 0 aromatic heterocycles. The average molecular weight is 453 g/mol. The Labute approximate surface area is 202 Å². The number of nitrogens with one attached hydrogen (secondary N) is 4. The van der Waals surface area contributed by atoms with E-state index in [1.165, 1.54) is 44.9 Å². The third-order valence-corrected chi connectivity index (χ3v) is 6.70. The molecule has 0 saturated heterocycles. The minimum atomic E-state index is 0.155. The third kappa shape index (κ3) is 18.1. The van der Waals surface area contributed by atoms with Crippen molar-refractivity contribution >= 4 is 0 Å². The molecule has 0 spiro atoms. The maximum absolute atomic E-state index is 3.74. The Morgan fingerprint density at radius 3 is 1.53 bits per heavy atom. The topological polar surface area (TPSA) is 48.1 Å². The fraction of sp³-hybridized carbons (Fsp3) is 0.929. The molecule has 0 aliphatic rings. The molecule has 0 bridgehead atoms. The van der Waals surface area contributed by atoms with Crippen molar-refractivity contribution < 1.29 is 0 Å². The van der Waals surface area contributed by atoms with Crippen molar-refractivity contribution in [2.24, 2.45) is 0 Å². The maximum Gasteiger partial charge on any atom is 0.0159 e. The van der Waals surface area contributed by atoms with Crippen molar-refractivity contribution in [3.8, 4) is 0 Å². The summed E-state index contributed by atoms with van der Waals surface area (Å²) in [6, 6.07) is 0. The molecule has 0 aliphatic heterocycles. The van der Waals surface area contributed by atoms with Crippen molar-refractivity contribution in [3.63, 3.8) is 0 Å². The predicted octanol–water partition coefficient (Wildman–Crippen LogP) is 6.18. The molecule has 0 heterocycles. The van der Waals surface area contributed by atoms with E-state index >= 15 is 0 Å². The molecule has 0 aromatic rings. The molecule has 0 aliphatic carbocycles. The first-order chi connectivity index (χ1) is 14.7. The van der Waals surface area contributed by atoms with E-state index in [1.54, 1.807) is 0 Å². The molecule has 0 unspecified atom stereocenters. The zero-order valence-corrected chi connectivity index (χ0v) is 23.6. The lowest BCUT2D eigenvalue weighted by atomic mass is 9.96. The van der Waals surface area contributed by atoms with Crippen LogP contribution in [0.5, 0.6) is 0 Å². The number of hydrogen-bond acceptors (Lipinski definition) is 4.